The number of rotatable bonds is 6. The summed E-state index contributed by atoms with van der Waals surface area (Å²) in [7, 11) is 1.63. The largest absolute Gasteiger partial charge is 0.494 e. The SMILES string of the molecule is COc1cc(C(=O)N2CCC[C@@H](N)C2)cn2nc(-c3cc4ccc(C(C)(C)O)cc4n3CC3CC3)c(C)c12. The zero-order valence-corrected chi connectivity index (χ0v) is 22.7. The molecule has 0 bridgehead atoms. The molecule has 1 saturated heterocycles. The number of likely N-dealkylation sites (tertiary alicyclic amines) is 1. The van der Waals surface area contributed by atoms with E-state index in [1.54, 1.807) is 11.6 Å². The van der Waals surface area contributed by atoms with Gasteiger partial charge in [-0.05, 0) is 76.1 Å². The molecule has 0 spiro atoms. The third-order valence-corrected chi connectivity index (χ3v) is 8.13. The van der Waals surface area contributed by atoms with Crippen molar-refractivity contribution >= 4 is 22.3 Å². The van der Waals surface area contributed by atoms with Gasteiger partial charge in [-0.3, -0.25) is 4.79 Å². The van der Waals surface area contributed by atoms with Crippen molar-refractivity contribution in [2.75, 3.05) is 20.2 Å². The van der Waals surface area contributed by atoms with Crippen LogP contribution in [0.5, 0.6) is 5.75 Å². The van der Waals surface area contributed by atoms with Gasteiger partial charge < -0.3 is 25.0 Å². The van der Waals surface area contributed by atoms with Gasteiger partial charge in [0.1, 0.15) is 17.0 Å². The van der Waals surface area contributed by atoms with Crippen LogP contribution >= 0.6 is 0 Å². The van der Waals surface area contributed by atoms with Crippen LogP contribution in [0.15, 0.2) is 36.5 Å². The van der Waals surface area contributed by atoms with E-state index in [9.17, 15) is 9.90 Å². The molecule has 0 radical (unpaired) electrons. The Kier molecular flexibility index (Phi) is 6.00. The Morgan fingerprint density at radius 2 is 2.00 bits per heavy atom. The molecule has 1 amide bonds. The molecule has 6 rings (SSSR count). The number of ether oxygens (including phenoxy) is 1. The number of nitrogens with zero attached hydrogens (tertiary/aromatic N) is 4. The van der Waals surface area contributed by atoms with Gasteiger partial charge in [-0.2, -0.15) is 5.10 Å². The third kappa shape index (κ3) is 4.35. The summed E-state index contributed by atoms with van der Waals surface area (Å²) >= 11 is 0. The molecule has 1 aliphatic heterocycles. The second kappa shape index (κ2) is 9.13. The average molecular weight is 516 g/mol. The normalized spacial score (nSPS) is 18.5. The molecular weight excluding hydrogens is 478 g/mol. The Labute approximate surface area is 223 Å². The molecule has 1 aliphatic carbocycles. The lowest BCUT2D eigenvalue weighted by atomic mass is 9.97. The predicted molar refractivity (Wildman–Crippen MR) is 148 cm³/mol. The number of pyridine rings is 1. The monoisotopic (exact) mass is 515 g/mol. The van der Waals surface area contributed by atoms with Crippen LogP contribution in [0.3, 0.4) is 0 Å². The highest BCUT2D eigenvalue weighted by molar-refractivity contribution is 5.96. The van der Waals surface area contributed by atoms with Crippen molar-refractivity contribution in [2.45, 2.75) is 64.6 Å². The first-order valence-electron chi connectivity index (χ1n) is 13.6. The Morgan fingerprint density at radius 1 is 1.21 bits per heavy atom. The number of amides is 1. The first kappa shape index (κ1) is 24.9. The number of aromatic nitrogens is 3. The van der Waals surface area contributed by atoms with E-state index in [1.807, 2.05) is 37.1 Å². The second-order valence-corrected chi connectivity index (χ2v) is 11.6. The minimum Gasteiger partial charge on any atom is -0.494 e. The van der Waals surface area contributed by atoms with Crippen LogP contribution in [-0.4, -0.2) is 56.3 Å². The molecule has 38 heavy (non-hydrogen) atoms. The Bertz CT molecular complexity index is 1540. The number of piperidine rings is 1. The summed E-state index contributed by atoms with van der Waals surface area (Å²) in [6, 6.07) is 10.2. The highest BCUT2D eigenvalue weighted by Gasteiger charge is 2.28. The summed E-state index contributed by atoms with van der Waals surface area (Å²) < 4.78 is 9.93. The van der Waals surface area contributed by atoms with Gasteiger partial charge in [0.2, 0.25) is 0 Å². The highest BCUT2D eigenvalue weighted by Crippen LogP contribution is 2.39. The van der Waals surface area contributed by atoms with E-state index in [0.717, 1.165) is 58.3 Å². The van der Waals surface area contributed by atoms with E-state index in [2.05, 4.69) is 29.7 Å². The summed E-state index contributed by atoms with van der Waals surface area (Å²) in [5.41, 5.74) is 11.5. The van der Waals surface area contributed by atoms with E-state index in [4.69, 9.17) is 15.6 Å². The molecule has 1 aromatic carbocycles. The first-order chi connectivity index (χ1) is 18.1. The van der Waals surface area contributed by atoms with E-state index >= 15 is 0 Å². The van der Waals surface area contributed by atoms with Gasteiger partial charge in [0.05, 0.1) is 24.0 Å². The van der Waals surface area contributed by atoms with E-state index in [-0.39, 0.29) is 11.9 Å². The van der Waals surface area contributed by atoms with Crippen molar-refractivity contribution in [2.24, 2.45) is 11.7 Å². The molecule has 1 saturated carbocycles. The van der Waals surface area contributed by atoms with Crippen LogP contribution in [-0.2, 0) is 12.1 Å². The van der Waals surface area contributed by atoms with Crippen molar-refractivity contribution in [1.82, 2.24) is 19.1 Å². The van der Waals surface area contributed by atoms with Crippen molar-refractivity contribution in [1.29, 1.82) is 0 Å². The molecule has 4 aromatic rings. The topological polar surface area (TPSA) is 98.0 Å². The molecule has 2 fully saturated rings. The maximum atomic E-state index is 13.4. The lowest BCUT2D eigenvalue weighted by Crippen LogP contribution is -2.45. The number of carbonyl (C=O) groups is 1. The van der Waals surface area contributed by atoms with Crippen LogP contribution in [0.1, 0.15) is 61.0 Å². The standard InChI is InChI=1S/C30H37N5O3/c1-18-27(25-12-20-9-10-22(30(2,3)37)14-24(20)34(25)15-19-7-8-19)32-35-16-21(13-26(38-4)28(18)35)29(36)33-11-5-6-23(31)17-33/h9-10,12-14,16,19,23,37H,5-8,11,15,17,31H2,1-4H3/t23-/m1/s1. The average Bonchev–Trinajstić information content (AvgIpc) is 3.56. The van der Waals surface area contributed by atoms with Gasteiger partial charge in [0.15, 0.2) is 0 Å². The quantitative estimate of drug-likeness (QED) is 0.395. The lowest BCUT2D eigenvalue weighted by Gasteiger charge is -2.30. The molecule has 3 aromatic heterocycles. The van der Waals surface area contributed by atoms with E-state index in [1.165, 1.54) is 12.8 Å². The minimum absolute atomic E-state index is 0.0159. The van der Waals surface area contributed by atoms with Crippen LogP contribution in [0.25, 0.3) is 27.8 Å². The summed E-state index contributed by atoms with van der Waals surface area (Å²) in [4.78, 5) is 15.2. The van der Waals surface area contributed by atoms with Gasteiger partial charge in [-0.1, -0.05) is 12.1 Å². The molecule has 2 aliphatic rings. The number of hydrogen-bond donors (Lipinski definition) is 2. The molecule has 200 valence electrons. The minimum atomic E-state index is -0.920. The molecular formula is C30H37N5O3. The summed E-state index contributed by atoms with van der Waals surface area (Å²) in [5.74, 6) is 1.24. The number of benzene rings is 1. The van der Waals surface area contributed by atoms with Gasteiger partial charge in [0.25, 0.3) is 5.91 Å². The number of aryl methyl sites for hydroxylation is 1. The van der Waals surface area contributed by atoms with Gasteiger partial charge in [-0.15, -0.1) is 0 Å². The van der Waals surface area contributed by atoms with Crippen LogP contribution in [0.4, 0.5) is 0 Å². The number of methoxy groups -OCH3 is 1. The fraction of sp³-hybridized carbons (Fsp3) is 0.467. The van der Waals surface area contributed by atoms with Crippen molar-refractivity contribution in [3.8, 4) is 17.1 Å². The zero-order chi connectivity index (χ0) is 26.8. The van der Waals surface area contributed by atoms with Crippen LogP contribution < -0.4 is 10.5 Å². The second-order valence-electron chi connectivity index (χ2n) is 11.6. The van der Waals surface area contributed by atoms with Gasteiger partial charge in [0, 0.05) is 48.3 Å². The fourth-order valence-corrected chi connectivity index (χ4v) is 5.77. The molecule has 0 unspecified atom stereocenters. The smallest absolute Gasteiger partial charge is 0.255 e. The maximum absolute atomic E-state index is 13.4. The fourth-order valence-electron chi connectivity index (χ4n) is 5.77. The third-order valence-electron chi connectivity index (χ3n) is 8.13. The number of carbonyl (C=O) groups excluding carboxylic acids is 1. The van der Waals surface area contributed by atoms with Gasteiger partial charge in [-0.25, -0.2) is 4.52 Å². The van der Waals surface area contributed by atoms with E-state index in [0.29, 0.717) is 30.3 Å². The number of hydrogen-bond acceptors (Lipinski definition) is 5. The molecule has 1 atom stereocenters. The zero-order valence-electron chi connectivity index (χ0n) is 22.7. The lowest BCUT2D eigenvalue weighted by molar-refractivity contribution is 0.0707. The van der Waals surface area contributed by atoms with Gasteiger partial charge >= 0.3 is 0 Å². The number of nitrogens with two attached hydrogens (primary N) is 1. The van der Waals surface area contributed by atoms with Crippen LogP contribution in [0, 0.1) is 12.8 Å². The summed E-state index contributed by atoms with van der Waals surface area (Å²) in [6.07, 6.45) is 6.14. The predicted octanol–water partition coefficient (Wildman–Crippen LogP) is 4.47. The molecule has 8 heteroatoms. The Morgan fingerprint density at radius 3 is 2.68 bits per heavy atom. The van der Waals surface area contributed by atoms with Crippen molar-refractivity contribution < 1.29 is 14.6 Å². The molecule has 4 heterocycles. The first-order valence-corrected chi connectivity index (χ1v) is 13.6. The Hall–Kier alpha value is -3.36. The number of aliphatic hydroxyl groups is 1. The molecule has 8 nitrogen and oxygen atoms in total. The van der Waals surface area contributed by atoms with Crippen molar-refractivity contribution in [3.63, 3.8) is 0 Å². The highest BCUT2D eigenvalue weighted by atomic mass is 16.5. The number of fused-ring (bicyclic) bond motifs is 2. The molecule has 3 N–H and O–H groups in total. The van der Waals surface area contributed by atoms with E-state index < -0.39 is 5.60 Å². The maximum Gasteiger partial charge on any atom is 0.255 e. The summed E-state index contributed by atoms with van der Waals surface area (Å²) in [6.45, 7) is 7.89. The van der Waals surface area contributed by atoms with Crippen molar-refractivity contribution in [3.05, 3.63) is 53.2 Å². The van der Waals surface area contributed by atoms with Crippen LogP contribution in [0.2, 0.25) is 0 Å². The Balaban J connectivity index is 1.49. The summed E-state index contributed by atoms with van der Waals surface area (Å²) in [5, 5.41) is 16.8.